The summed E-state index contributed by atoms with van der Waals surface area (Å²) < 4.78 is 5.24. The van der Waals surface area contributed by atoms with Crippen LogP contribution in [0, 0.1) is 0 Å². The normalized spacial score (nSPS) is 15.6. The fraction of sp³-hybridized carbons (Fsp3) is 0.533. The maximum Gasteiger partial charge on any atom is 0.306 e. The Labute approximate surface area is 114 Å². The van der Waals surface area contributed by atoms with Gasteiger partial charge in [-0.1, -0.05) is 12.1 Å². The topological polar surface area (TPSA) is 55.6 Å². The summed E-state index contributed by atoms with van der Waals surface area (Å²) in [5.74, 6) is -0.123. The average Bonchev–Trinajstić information content (AvgIpc) is 2.90. The average molecular weight is 262 g/mol. The highest BCUT2D eigenvalue weighted by molar-refractivity contribution is 5.69. The summed E-state index contributed by atoms with van der Waals surface area (Å²) in [6, 6.07) is 7.63. The number of nitrogen functional groups attached to an aromatic ring is 1. The molecule has 1 saturated heterocycles. The van der Waals surface area contributed by atoms with Crippen molar-refractivity contribution in [3.05, 3.63) is 29.8 Å². The third-order valence-electron chi connectivity index (χ3n) is 3.44. The third kappa shape index (κ3) is 4.91. The number of likely N-dealkylation sites (tertiary alicyclic amines) is 1. The number of benzene rings is 1. The molecule has 1 aliphatic rings. The lowest BCUT2D eigenvalue weighted by atomic mass is 10.1. The molecule has 0 radical (unpaired) electrons. The number of anilines is 1. The molecule has 4 heteroatoms. The summed E-state index contributed by atoms with van der Waals surface area (Å²) in [5.41, 5.74) is 7.51. The van der Waals surface area contributed by atoms with E-state index in [-0.39, 0.29) is 5.97 Å². The first-order chi connectivity index (χ1) is 9.24. The molecule has 0 aliphatic carbocycles. The molecule has 0 spiro atoms. The molecule has 0 aromatic heterocycles. The van der Waals surface area contributed by atoms with Gasteiger partial charge in [-0.05, 0) is 50.0 Å². The second kappa shape index (κ2) is 7.14. The van der Waals surface area contributed by atoms with Crippen molar-refractivity contribution in [1.29, 1.82) is 0 Å². The second-order valence-corrected chi connectivity index (χ2v) is 5.01. The molecule has 0 saturated carbocycles. The van der Waals surface area contributed by atoms with Crippen LogP contribution in [0.5, 0.6) is 0 Å². The molecule has 0 amide bonds. The van der Waals surface area contributed by atoms with E-state index in [0.29, 0.717) is 19.4 Å². The Bertz CT molecular complexity index is 414. The van der Waals surface area contributed by atoms with Crippen molar-refractivity contribution >= 4 is 11.7 Å². The Morgan fingerprint density at radius 3 is 2.84 bits per heavy atom. The molecule has 104 valence electrons. The van der Waals surface area contributed by atoms with E-state index in [1.54, 1.807) is 0 Å². The summed E-state index contributed by atoms with van der Waals surface area (Å²) in [6.07, 6.45) is 3.64. The van der Waals surface area contributed by atoms with Gasteiger partial charge < -0.3 is 10.5 Å². The minimum Gasteiger partial charge on any atom is -0.464 e. The van der Waals surface area contributed by atoms with Crippen LogP contribution in [-0.4, -0.2) is 37.1 Å². The van der Waals surface area contributed by atoms with Crippen molar-refractivity contribution in [1.82, 2.24) is 4.90 Å². The van der Waals surface area contributed by atoms with E-state index in [1.165, 1.54) is 12.8 Å². The predicted octanol–water partition coefficient (Wildman–Crippen LogP) is 1.84. The standard InChI is InChI=1S/C15H22N2O2/c16-14-5-3-4-13(12-14)6-7-15(18)19-11-10-17-8-1-2-9-17/h3-5,12H,1-2,6-11,16H2. The summed E-state index contributed by atoms with van der Waals surface area (Å²) >= 11 is 0. The number of hydrogen-bond acceptors (Lipinski definition) is 4. The fourth-order valence-electron chi connectivity index (χ4n) is 2.36. The number of aryl methyl sites for hydroxylation is 1. The smallest absolute Gasteiger partial charge is 0.306 e. The van der Waals surface area contributed by atoms with Gasteiger partial charge >= 0.3 is 5.97 Å². The Hall–Kier alpha value is -1.55. The molecule has 1 heterocycles. The highest BCUT2D eigenvalue weighted by Crippen LogP contribution is 2.09. The first-order valence-electron chi connectivity index (χ1n) is 6.96. The van der Waals surface area contributed by atoms with Gasteiger partial charge in [0.25, 0.3) is 0 Å². The number of rotatable bonds is 6. The molecule has 2 N–H and O–H groups in total. The molecule has 0 atom stereocenters. The molecular weight excluding hydrogens is 240 g/mol. The Balaban J connectivity index is 1.61. The molecule has 1 aromatic rings. The van der Waals surface area contributed by atoms with Crippen molar-refractivity contribution in [2.45, 2.75) is 25.7 Å². The second-order valence-electron chi connectivity index (χ2n) is 5.01. The minimum atomic E-state index is -0.123. The van der Waals surface area contributed by atoms with Gasteiger partial charge in [0.15, 0.2) is 0 Å². The van der Waals surface area contributed by atoms with Crippen LogP contribution in [0.1, 0.15) is 24.8 Å². The largest absolute Gasteiger partial charge is 0.464 e. The number of carbonyl (C=O) groups is 1. The molecule has 0 bridgehead atoms. The van der Waals surface area contributed by atoms with Crippen molar-refractivity contribution in [2.75, 3.05) is 32.0 Å². The summed E-state index contributed by atoms with van der Waals surface area (Å²) in [6.45, 7) is 3.65. The van der Waals surface area contributed by atoms with Crippen LogP contribution in [0.3, 0.4) is 0 Å². The van der Waals surface area contributed by atoms with Crippen molar-refractivity contribution in [2.24, 2.45) is 0 Å². The zero-order chi connectivity index (χ0) is 13.5. The van der Waals surface area contributed by atoms with E-state index in [2.05, 4.69) is 4.90 Å². The zero-order valence-corrected chi connectivity index (χ0v) is 11.3. The maximum absolute atomic E-state index is 11.6. The van der Waals surface area contributed by atoms with Crippen LogP contribution in [-0.2, 0) is 16.0 Å². The summed E-state index contributed by atoms with van der Waals surface area (Å²) in [5, 5.41) is 0. The van der Waals surface area contributed by atoms with E-state index >= 15 is 0 Å². The van der Waals surface area contributed by atoms with Gasteiger partial charge in [-0.25, -0.2) is 0 Å². The highest BCUT2D eigenvalue weighted by atomic mass is 16.5. The van der Waals surface area contributed by atoms with Gasteiger partial charge in [0.2, 0.25) is 0 Å². The van der Waals surface area contributed by atoms with Crippen molar-refractivity contribution < 1.29 is 9.53 Å². The zero-order valence-electron chi connectivity index (χ0n) is 11.3. The molecular formula is C15H22N2O2. The molecule has 19 heavy (non-hydrogen) atoms. The van der Waals surface area contributed by atoms with Crippen molar-refractivity contribution in [3.8, 4) is 0 Å². The number of nitrogens with zero attached hydrogens (tertiary/aromatic N) is 1. The summed E-state index contributed by atoms with van der Waals surface area (Å²) in [7, 11) is 0. The van der Waals surface area contributed by atoms with Gasteiger partial charge in [-0.3, -0.25) is 9.69 Å². The first kappa shape index (κ1) is 13.9. The Kier molecular flexibility index (Phi) is 5.21. The molecule has 0 unspecified atom stereocenters. The third-order valence-corrected chi connectivity index (χ3v) is 3.44. The minimum absolute atomic E-state index is 0.123. The maximum atomic E-state index is 11.6. The van der Waals surface area contributed by atoms with Gasteiger partial charge in [0.05, 0.1) is 0 Å². The van der Waals surface area contributed by atoms with Gasteiger partial charge in [-0.15, -0.1) is 0 Å². The lowest BCUT2D eigenvalue weighted by molar-refractivity contribution is -0.143. The molecule has 2 rings (SSSR count). The van der Waals surface area contributed by atoms with E-state index in [0.717, 1.165) is 30.9 Å². The number of nitrogens with two attached hydrogens (primary N) is 1. The van der Waals surface area contributed by atoms with Crippen LogP contribution in [0.4, 0.5) is 5.69 Å². The van der Waals surface area contributed by atoms with Crippen LogP contribution in [0.2, 0.25) is 0 Å². The molecule has 1 aromatic carbocycles. The van der Waals surface area contributed by atoms with E-state index in [9.17, 15) is 4.79 Å². The van der Waals surface area contributed by atoms with Crippen molar-refractivity contribution in [3.63, 3.8) is 0 Å². The van der Waals surface area contributed by atoms with E-state index < -0.39 is 0 Å². The SMILES string of the molecule is Nc1cccc(CCC(=O)OCCN2CCCC2)c1. The first-order valence-corrected chi connectivity index (χ1v) is 6.96. The number of hydrogen-bond donors (Lipinski definition) is 1. The van der Waals surface area contributed by atoms with Crippen LogP contribution >= 0.6 is 0 Å². The van der Waals surface area contributed by atoms with E-state index in [1.807, 2.05) is 24.3 Å². The number of esters is 1. The number of carbonyl (C=O) groups excluding carboxylic acids is 1. The monoisotopic (exact) mass is 262 g/mol. The van der Waals surface area contributed by atoms with Crippen LogP contribution < -0.4 is 5.73 Å². The molecule has 1 aliphatic heterocycles. The Morgan fingerprint density at radius 2 is 2.11 bits per heavy atom. The van der Waals surface area contributed by atoms with Gasteiger partial charge in [-0.2, -0.15) is 0 Å². The van der Waals surface area contributed by atoms with Crippen LogP contribution in [0.15, 0.2) is 24.3 Å². The van der Waals surface area contributed by atoms with Gasteiger partial charge in [0.1, 0.15) is 6.61 Å². The van der Waals surface area contributed by atoms with Gasteiger partial charge in [0, 0.05) is 18.7 Å². The highest BCUT2D eigenvalue weighted by Gasteiger charge is 2.11. The summed E-state index contributed by atoms with van der Waals surface area (Å²) in [4.78, 5) is 13.9. The fourth-order valence-corrected chi connectivity index (χ4v) is 2.36. The number of ether oxygens (including phenoxy) is 1. The van der Waals surface area contributed by atoms with Crippen LogP contribution in [0.25, 0.3) is 0 Å². The lowest BCUT2D eigenvalue weighted by Gasteiger charge is -2.14. The Morgan fingerprint density at radius 1 is 1.32 bits per heavy atom. The predicted molar refractivity (Wildman–Crippen MR) is 75.8 cm³/mol. The van der Waals surface area contributed by atoms with E-state index in [4.69, 9.17) is 10.5 Å². The molecule has 4 nitrogen and oxygen atoms in total. The quantitative estimate of drug-likeness (QED) is 0.628. The molecule has 1 fully saturated rings. The lowest BCUT2D eigenvalue weighted by Crippen LogP contribution is -2.25.